The number of pyridine rings is 1. The van der Waals surface area contributed by atoms with Gasteiger partial charge in [0, 0.05) is 10.6 Å². The Morgan fingerprint density at radius 1 is 1.64 bits per heavy atom. The highest BCUT2D eigenvalue weighted by Gasteiger charge is 2.18. The molecule has 0 saturated heterocycles. The Hall–Kier alpha value is -1.23. The predicted molar refractivity (Wildman–Crippen MR) is 54.3 cm³/mol. The van der Waals surface area contributed by atoms with Gasteiger partial charge in [0.25, 0.3) is 0 Å². The van der Waals surface area contributed by atoms with E-state index in [1.807, 2.05) is 6.26 Å². The van der Waals surface area contributed by atoms with Gasteiger partial charge in [-0.05, 0) is 19.2 Å². The molecular weight excluding hydrogens is 202 g/mol. The lowest BCUT2D eigenvalue weighted by Gasteiger charge is -2.08. The van der Waals surface area contributed by atoms with Crippen LogP contribution in [0.15, 0.2) is 11.0 Å². The summed E-state index contributed by atoms with van der Waals surface area (Å²) in [5.74, 6) is -0.847. The van der Waals surface area contributed by atoms with Gasteiger partial charge in [-0.2, -0.15) is 0 Å². The largest absolute Gasteiger partial charge is 0.480 e. The molecule has 1 rings (SSSR count). The van der Waals surface area contributed by atoms with Crippen LogP contribution in [0.4, 0.5) is 0 Å². The van der Waals surface area contributed by atoms with Crippen molar-refractivity contribution in [3.05, 3.63) is 17.3 Å². The summed E-state index contributed by atoms with van der Waals surface area (Å²) in [5, 5.41) is 8.97. The third kappa shape index (κ3) is 1.98. The first-order valence-electron chi connectivity index (χ1n) is 3.93. The van der Waals surface area contributed by atoms with Crippen LogP contribution in [0.3, 0.4) is 0 Å². The summed E-state index contributed by atoms with van der Waals surface area (Å²) in [4.78, 5) is 15.6. The first-order valence-corrected chi connectivity index (χ1v) is 5.15. The minimum atomic E-state index is -1.02. The number of nitrogens with zero attached hydrogens (tertiary/aromatic N) is 1. The Kier molecular flexibility index (Phi) is 3.35. The van der Waals surface area contributed by atoms with E-state index in [0.717, 1.165) is 5.69 Å². The number of aromatic nitrogens is 1. The van der Waals surface area contributed by atoms with E-state index in [9.17, 15) is 4.79 Å². The number of rotatable bonds is 3. The maximum atomic E-state index is 10.9. The Labute approximate surface area is 86.3 Å². The molecule has 1 aromatic rings. The van der Waals surface area contributed by atoms with E-state index in [0.29, 0.717) is 4.90 Å². The van der Waals surface area contributed by atoms with Gasteiger partial charge in [0.2, 0.25) is 5.88 Å². The molecule has 0 aliphatic carbocycles. The molecular formula is C9H11NO3S. The van der Waals surface area contributed by atoms with Gasteiger partial charge in [-0.3, -0.25) is 0 Å². The van der Waals surface area contributed by atoms with Crippen molar-refractivity contribution in [1.29, 1.82) is 0 Å². The summed E-state index contributed by atoms with van der Waals surface area (Å²) in [6.45, 7) is 1.80. The van der Waals surface area contributed by atoms with Crippen LogP contribution >= 0.6 is 11.8 Å². The van der Waals surface area contributed by atoms with E-state index < -0.39 is 5.97 Å². The molecule has 0 fully saturated rings. The number of thioether (sulfide) groups is 1. The molecule has 14 heavy (non-hydrogen) atoms. The van der Waals surface area contributed by atoms with Crippen molar-refractivity contribution in [1.82, 2.24) is 4.98 Å². The molecule has 0 aliphatic heterocycles. The molecule has 0 bridgehead atoms. The van der Waals surface area contributed by atoms with Crippen LogP contribution in [0.5, 0.6) is 5.88 Å². The first kappa shape index (κ1) is 10.8. The highest BCUT2D eigenvalue weighted by Crippen LogP contribution is 2.27. The van der Waals surface area contributed by atoms with Crippen molar-refractivity contribution in [3.8, 4) is 5.88 Å². The number of carboxylic acids is 1. The Morgan fingerprint density at radius 2 is 2.29 bits per heavy atom. The molecule has 4 nitrogen and oxygen atoms in total. The van der Waals surface area contributed by atoms with Gasteiger partial charge in [0.05, 0.1) is 7.11 Å². The van der Waals surface area contributed by atoms with Crippen molar-refractivity contribution >= 4 is 17.7 Å². The SMILES string of the molecule is COc1nc(C)cc(SC)c1C(=O)O. The van der Waals surface area contributed by atoms with Crippen molar-refractivity contribution in [3.63, 3.8) is 0 Å². The zero-order valence-electron chi connectivity index (χ0n) is 8.20. The van der Waals surface area contributed by atoms with Gasteiger partial charge < -0.3 is 9.84 Å². The number of aromatic carboxylic acids is 1. The number of carboxylic acid groups (broad SMARTS) is 1. The Balaban J connectivity index is 3.40. The van der Waals surface area contributed by atoms with E-state index in [-0.39, 0.29) is 11.4 Å². The minimum Gasteiger partial charge on any atom is -0.480 e. The maximum absolute atomic E-state index is 10.9. The lowest BCUT2D eigenvalue weighted by molar-refractivity contribution is 0.0688. The van der Waals surface area contributed by atoms with Crippen molar-refractivity contribution < 1.29 is 14.6 Å². The van der Waals surface area contributed by atoms with E-state index in [1.165, 1.54) is 18.9 Å². The van der Waals surface area contributed by atoms with Crippen LogP contribution in [-0.4, -0.2) is 29.4 Å². The fourth-order valence-corrected chi connectivity index (χ4v) is 1.79. The molecule has 1 aromatic heterocycles. The van der Waals surface area contributed by atoms with E-state index >= 15 is 0 Å². The topological polar surface area (TPSA) is 59.4 Å². The second-order valence-electron chi connectivity index (χ2n) is 2.66. The van der Waals surface area contributed by atoms with Crippen LogP contribution in [0, 0.1) is 6.92 Å². The lowest BCUT2D eigenvalue weighted by Crippen LogP contribution is -2.05. The van der Waals surface area contributed by atoms with Gasteiger partial charge >= 0.3 is 5.97 Å². The van der Waals surface area contributed by atoms with Crippen molar-refractivity contribution in [2.75, 3.05) is 13.4 Å². The fraction of sp³-hybridized carbons (Fsp3) is 0.333. The predicted octanol–water partition coefficient (Wildman–Crippen LogP) is 1.82. The average Bonchev–Trinajstić information content (AvgIpc) is 2.15. The molecule has 0 saturated carbocycles. The van der Waals surface area contributed by atoms with Crippen molar-refractivity contribution in [2.45, 2.75) is 11.8 Å². The summed E-state index contributed by atoms with van der Waals surface area (Å²) >= 11 is 1.37. The standard InChI is InChI=1S/C9H11NO3S/c1-5-4-6(14-3)7(9(11)12)8(10-5)13-2/h4H,1-3H3,(H,11,12). The van der Waals surface area contributed by atoms with E-state index in [1.54, 1.807) is 13.0 Å². The van der Waals surface area contributed by atoms with Crippen LogP contribution in [0.1, 0.15) is 16.1 Å². The van der Waals surface area contributed by atoms with Gasteiger partial charge in [-0.1, -0.05) is 0 Å². The number of carbonyl (C=O) groups is 1. The van der Waals surface area contributed by atoms with Gasteiger partial charge in [-0.25, -0.2) is 9.78 Å². The molecule has 0 unspecified atom stereocenters. The number of hydrogen-bond donors (Lipinski definition) is 1. The highest BCUT2D eigenvalue weighted by atomic mass is 32.2. The monoisotopic (exact) mass is 213 g/mol. The Morgan fingerprint density at radius 3 is 2.71 bits per heavy atom. The summed E-state index contributed by atoms with van der Waals surface area (Å²) < 4.78 is 4.92. The van der Waals surface area contributed by atoms with Gasteiger partial charge in [0.15, 0.2) is 0 Å². The van der Waals surface area contributed by atoms with Crippen LogP contribution in [-0.2, 0) is 0 Å². The number of methoxy groups -OCH3 is 1. The van der Waals surface area contributed by atoms with Crippen LogP contribution in [0.25, 0.3) is 0 Å². The second kappa shape index (κ2) is 4.32. The molecule has 1 heterocycles. The number of hydrogen-bond acceptors (Lipinski definition) is 4. The third-order valence-electron chi connectivity index (χ3n) is 1.71. The summed E-state index contributed by atoms with van der Waals surface area (Å²) in [7, 11) is 1.42. The molecule has 0 radical (unpaired) electrons. The highest BCUT2D eigenvalue weighted by molar-refractivity contribution is 7.98. The molecule has 0 spiro atoms. The average molecular weight is 213 g/mol. The molecule has 1 N–H and O–H groups in total. The maximum Gasteiger partial charge on any atom is 0.342 e. The molecule has 0 aliphatic rings. The zero-order chi connectivity index (χ0) is 10.7. The van der Waals surface area contributed by atoms with E-state index in [4.69, 9.17) is 9.84 Å². The normalized spacial score (nSPS) is 9.93. The molecule has 76 valence electrons. The Bertz CT molecular complexity index is 340. The van der Waals surface area contributed by atoms with Crippen LogP contribution in [0.2, 0.25) is 0 Å². The number of ether oxygens (including phenoxy) is 1. The summed E-state index contributed by atoms with van der Waals surface area (Å²) in [6, 6.07) is 1.73. The smallest absolute Gasteiger partial charge is 0.342 e. The van der Waals surface area contributed by atoms with Crippen LogP contribution < -0.4 is 4.74 Å². The fourth-order valence-electron chi connectivity index (χ4n) is 1.12. The number of aryl methyl sites for hydroxylation is 1. The molecule has 0 amide bonds. The second-order valence-corrected chi connectivity index (χ2v) is 3.50. The zero-order valence-corrected chi connectivity index (χ0v) is 9.01. The first-order chi connectivity index (χ1) is 6.60. The van der Waals surface area contributed by atoms with Gasteiger partial charge in [-0.15, -0.1) is 11.8 Å². The van der Waals surface area contributed by atoms with Crippen molar-refractivity contribution in [2.24, 2.45) is 0 Å². The summed E-state index contributed by atoms with van der Waals surface area (Å²) in [5.41, 5.74) is 0.877. The molecule has 5 heteroatoms. The molecule has 0 atom stereocenters. The van der Waals surface area contributed by atoms with Gasteiger partial charge in [0.1, 0.15) is 5.56 Å². The minimum absolute atomic E-state index is 0.130. The molecule has 0 aromatic carbocycles. The third-order valence-corrected chi connectivity index (χ3v) is 2.47. The lowest BCUT2D eigenvalue weighted by atomic mass is 10.2. The summed E-state index contributed by atoms with van der Waals surface area (Å²) in [6.07, 6.45) is 1.82. The quantitative estimate of drug-likeness (QED) is 0.776. The van der Waals surface area contributed by atoms with E-state index in [2.05, 4.69) is 4.98 Å².